The fraction of sp³-hybridized carbons (Fsp3) is 0.174. The Kier molecular flexibility index (Phi) is 5.48. The molecule has 4 rings (SSSR count). The van der Waals surface area contributed by atoms with Crippen LogP contribution in [-0.4, -0.2) is 30.3 Å². The molecule has 2 heterocycles. The minimum Gasteiger partial charge on any atom is -0.497 e. The van der Waals surface area contributed by atoms with Crippen molar-refractivity contribution < 1.29 is 13.9 Å². The Labute approximate surface area is 174 Å². The second-order valence-electron chi connectivity index (χ2n) is 6.80. The van der Waals surface area contributed by atoms with Crippen molar-refractivity contribution in [1.29, 1.82) is 5.26 Å². The lowest BCUT2D eigenvalue weighted by Gasteiger charge is -2.20. The number of nitriles is 1. The van der Waals surface area contributed by atoms with Gasteiger partial charge in [0.05, 0.1) is 37.3 Å². The summed E-state index contributed by atoms with van der Waals surface area (Å²) >= 11 is 0. The van der Waals surface area contributed by atoms with Crippen LogP contribution in [0.15, 0.2) is 76.4 Å². The highest BCUT2D eigenvalue weighted by Crippen LogP contribution is 2.33. The summed E-state index contributed by atoms with van der Waals surface area (Å²) in [4.78, 5) is 13.0. The maximum Gasteiger partial charge on any atom is 0.262 e. The van der Waals surface area contributed by atoms with E-state index in [4.69, 9.17) is 14.4 Å². The molecule has 3 aromatic rings. The number of nitrogens with one attached hydrogen (secondary N) is 1. The Hall–Kier alpha value is -4.05. The molecule has 7 heteroatoms. The Morgan fingerprint density at radius 2 is 2.10 bits per heavy atom. The molecule has 1 unspecified atom stereocenters. The van der Waals surface area contributed by atoms with E-state index in [2.05, 4.69) is 16.5 Å². The summed E-state index contributed by atoms with van der Waals surface area (Å²) in [6, 6.07) is 20.0. The van der Waals surface area contributed by atoms with Gasteiger partial charge in [-0.3, -0.25) is 4.79 Å². The third-order valence-corrected chi connectivity index (χ3v) is 4.90. The number of methoxy groups -OCH3 is 1. The fourth-order valence-electron chi connectivity index (χ4n) is 3.36. The van der Waals surface area contributed by atoms with Crippen molar-refractivity contribution in [2.24, 2.45) is 5.10 Å². The second kappa shape index (κ2) is 8.53. The van der Waals surface area contributed by atoms with Crippen molar-refractivity contribution in [3.8, 4) is 11.8 Å². The van der Waals surface area contributed by atoms with Crippen molar-refractivity contribution in [1.82, 2.24) is 5.01 Å². The molecule has 1 N–H and O–H groups in total. The molecule has 150 valence electrons. The van der Waals surface area contributed by atoms with Gasteiger partial charge < -0.3 is 14.5 Å². The molecule has 1 aliphatic rings. The minimum absolute atomic E-state index is 0.0471. The lowest BCUT2D eigenvalue weighted by molar-refractivity contribution is -0.131. The van der Waals surface area contributed by atoms with Gasteiger partial charge in [-0.25, -0.2) is 5.01 Å². The number of benzene rings is 2. The smallest absolute Gasteiger partial charge is 0.262 e. The maximum absolute atomic E-state index is 13.0. The Morgan fingerprint density at radius 1 is 1.27 bits per heavy atom. The van der Waals surface area contributed by atoms with Gasteiger partial charge in [-0.05, 0) is 60.2 Å². The molecule has 0 fully saturated rings. The first-order valence-electron chi connectivity index (χ1n) is 9.49. The van der Waals surface area contributed by atoms with E-state index in [1.165, 1.54) is 5.01 Å². The van der Waals surface area contributed by atoms with E-state index >= 15 is 0 Å². The highest BCUT2D eigenvalue weighted by atomic mass is 16.5. The Bertz CT molecular complexity index is 1100. The predicted octanol–water partition coefficient (Wildman–Crippen LogP) is 3.95. The maximum atomic E-state index is 13.0. The number of furan rings is 1. The monoisotopic (exact) mass is 400 g/mol. The third-order valence-electron chi connectivity index (χ3n) is 4.90. The van der Waals surface area contributed by atoms with E-state index in [1.54, 1.807) is 37.6 Å². The van der Waals surface area contributed by atoms with E-state index in [9.17, 15) is 4.79 Å². The molecule has 1 amide bonds. The van der Waals surface area contributed by atoms with Gasteiger partial charge in [-0.2, -0.15) is 10.4 Å². The van der Waals surface area contributed by atoms with Gasteiger partial charge in [-0.1, -0.05) is 6.07 Å². The van der Waals surface area contributed by atoms with Crippen LogP contribution >= 0.6 is 0 Å². The zero-order valence-electron chi connectivity index (χ0n) is 16.4. The molecule has 7 nitrogen and oxygen atoms in total. The number of hydrogen-bond acceptors (Lipinski definition) is 6. The van der Waals surface area contributed by atoms with Gasteiger partial charge >= 0.3 is 0 Å². The number of hydrazone groups is 1. The van der Waals surface area contributed by atoms with Crippen LogP contribution in [0.4, 0.5) is 5.69 Å². The highest BCUT2D eigenvalue weighted by molar-refractivity contribution is 6.03. The number of hydrogen-bond donors (Lipinski definition) is 1. The molecule has 2 aromatic carbocycles. The summed E-state index contributed by atoms with van der Waals surface area (Å²) < 4.78 is 10.8. The highest BCUT2D eigenvalue weighted by Gasteiger charge is 2.34. The first-order chi connectivity index (χ1) is 14.7. The zero-order chi connectivity index (χ0) is 20.9. The number of carbonyl (C=O) groups excluding carboxylic acids is 1. The molecule has 0 aliphatic carbocycles. The van der Waals surface area contributed by atoms with Gasteiger partial charge in [0.25, 0.3) is 5.91 Å². The van der Waals surface area contributed by atoms with E-state index in [0.717, 1.165) is 17.0 Å². The van der Waals surface area contributed by atoms with Gasteiger partial charge in [0.2, 0.25) is 0 Å². The number of anilines is 1. The molecule has 0 saturated heterocycles. The second-order valence-corrected chi connectivity index (χ2v) is 6.80. The molecule has 1 atom stereocenters. The van der Waals surface area contributed by atoms with Gasteiger partial charge in [0.1, 0.15) is 17.6 Å². The summed E-state index contributed by atoms with van der Waals surface area (Å²) in [5.74, 6) is 1.25. The first-order valence-corrected chi connectivity index (χ1v) is 9.49. The summed E-state index contributed by atoms with van der Waals surface area (Å²) in [6.45, 7) is 0.0471. The molecular formula is C23H20N4O3. The molecular weight excluding hydrogens is 380 g/mol. The average molecular weight is 400 g/mol. The summed E-state index contributed by atoms with van der Waals surface area (Å²) in [6.07, 6.45) is 2.14. The van der Waals surface area contributed by atoms with Crippen molar-refractivity contribution >= 4 is 17.3 Å². The SMILES string of the molecule is COc1ccc(C2=NN(C(=O)CNc3cccc(C#N)c3)C(c3ccco3)C2)cc1. The number of rotatable bonds is 6. The van der Waals surface area contributed by atoms with Crippen LogP contribution in [0.25, 0.3) is 0 Å². The largest absolute Gasteiger partial charge is 0.497 e. The molecule has 30 heavy (non-hydrogen) atoms. The van der Waals surface area contributed by atoms with Gasteiger partial charge in [0.15, 0.2) is 0 Å². The third kappa shape index (κ3) is 4.03. The minimum atomic E-state index is -0.308. The van der Waals surface area contributed by atoms with E-state index < -0.39 is 0 Å². The molecule has 0 spiro atoms. The lowest BCUT2D eigenvalue weighted by Crippen LogP contribution is -2.32. The van der Waals surface area contributed by atoms with Crippen molar-refractivity contribution in [2.45, 2.75) is 12.5 Å². The predicted molar refractivity (Wildman–Crippen MR) is 112 cm³/mol. The van der Waals surface area contributed by atoms with Crippen LogP contribution in [0.1, 0.15) is 29.3 Å². The summed E-state index contributed by atoms with van der Waals surface area (Å²) in [5.41, 5.74) is 2.97. The molecule has 1 aromatic heterocycles. The van der Waals surface area contributed by atoms with E-state index in [-0.39, 0.29) is 18.5 Å². The fourth-order valence-corrected chi connectivity index (χ4v) is 3.36. The topological polar surface area (TPSA) is 90.9 Å². The van der Waals surface area contributed by atoms with Crippen LogP contribution < -0.4 is 10.1 Å². The van der Waals surface area contributed by atoms with Crippen LogP contribution in [-0.2, 0) is 4.79 Å². The molecule has 0 bridgehead atoms. The summed E-state index contributed by atoms with van der Waals surface area (Å²) in [7, 11) is 1.62. The lowest BCUT2D eigenvalue weighted by atomic mass is 10.0. The van der Waals surface area contributed by atoms with Gasteiger partial charge in [-0.15, -0.1) is 0 Å². The standard InChI is InChI=1S/C23H20N4O3/c1-29-19-9-7-17(8-10-19)20-13-21(22-6-3-11-30-22)27(26-20)23(28)15-25-18-5-2-4-16(12-18)14-24/h2-12,21,25H,13,15H2,1H3. The zero-order valence-corrected chi connectivity index (χ0v) is 16.4. The van der Waals surface area contributed by atoms with Crippen LogP contribution in [0.2, 0.25) is 0 Å². The summed E-state index contributed by atoms with van der Waals surface area (Å²) in [5, 5.41) is 18.2. The Morgan fingerprint density at radius 3 is 2.80 bits per heavy atom. The first kappa shape index (κ1) is 19.3. The van der Waals surface area contributed by atoms with Crippen molar-refractivity contribution in [3.05, 3.63) is 83.8 Å². The quantitative estimate of drug-likeness (QED) is 0.677. The van der Waals surface area contributed by atoms with Crippen LogP contribution in [0.5, 0.6) is 5.75 Å². The molecule has 1 aliphatic heterocycles. The van der Waals surface area contributed by atoms with Crippen LogP contribution in [0, 0.1) is 11.3 Å². The number of nitrogens with zero attached hydrogens (tertiary/aromatic N) is 3. The van der Waals surface area contributed by atoms with Crippen LogP contribution in [0.3, 0.4) is 0 Å². The average Bonchev–Trinajstić information content (AvgIpc) is 3.47. The number of carbonyl (C=O) groups is 1. The Balaban J connectivity index is 1.54. The number of ether oxygens (including phenoxy) is 1. The van der Waals surface area contributed by atoms with Crippen molar-refractivity contribution in [3.63, 3.8) is 0 Å². The van der Waals surface area contributed by atoms with Gasteiger partial charge in [0, 0.05) is 12.1 Å². The molecule has 0 radical (unpaired) electrons. The molecule has 0 saturated carbocycles. The van der Waals surface area contributed by atoms with E-state index in [1.807, 2.05) is 36.4 Å². The van der Waals surface area contributed by atoms with Crippen molar-refractivity contribution in [2.75, 3.05) is 19.0 Å². The normalized spacial score (nSPS) is 15.4. The van der Waals surface area contributed by atoms with E-state index in [0.29, 0.717) is 23.4 Å². The number of amides is 1.